The van der Waals surface area contributed by atoms with Gasteiger partial charge < -0.3 is 4.57 Å². The van der Waals surface area contributed by atoms with Crippen molar-refractivity contribution in [3.05, 3.63) is 84.0 Å². The molecule has 2 aromatic carbocycles. The fraction of sp³-hybridized carbons (Fsp3) is 0.227. The summed E-state index contributed by atoms with van der Waals surface area (Å²) in [7, 11) is -3.39. The van der Waals surface area contributed by atoms with Gasteiger partial charge >= 0.3 is 0 Å². The molecule has 0 amide bonds. The molecule has 128 valence electrons. The van der Waals surface area contributed by atoms with Crippen molar-refractivity contribution in [2.75, 3.05) is 0 Å². The van der Waals surface area contributed by atoms with E-state index in [2.05, 4.69) is 6.08 Å². The van der Waals surface area contributed by atoms with Crippen molar-refractivity contribution in [1.29, 1.82) is 0 Å². The minimum absolute atomic E-state index is 0.0400. The molecule has 25 heavy (non-hydrogen) atoms. The van der Waals surface area contributed by atoms with Crippen LogP contribution in [0.15, 0.2) is 84.0 Å². The summed E-state index contributed by atoms with van der Waals surface area (Å²) >= 11 is 0. The van der Waals surface area contributed by atoms with E-state index in [1.54, 1.807) is 24.3 Å². The van der Waals surface area contributed by atoms with Crippen LogP contribution in [-0.4, -0.2) is 5.52 Å². The van der Waals surface area contributed by atoms with Crippen LogP contribution in [0.2, 0.25) is 0 Å². The first-order valence-corrected chi connectivity index (χ1v) is 10.3. The Bertz CT molecular complexity index is 835. The van der Waals surface area contributed by atoms with Crippen molar-refractivity contribution < 1.29 is 9.36 Å². The van der Waals surface area contributed by atoms with E-state index < -0.39 is 7.14 Å². The van der Waals surface area contributed by atoms with E-state index in [0.29, 0.717) is 10.6 Å². The molecule has 2 aromatic rings. The van der Waals surface area contributed by atoms with Gasteiger partial charge in [0.05, 0.1) is 5.92 Å². The zero-order chi connectivity index (χ0) is 18.0. The fourth-order valence-corrected chi connectivity index (χ4v) is 6.54. The molecule has 0 fully saturated rings. The van der Waals surface area contributed by atoms with Crippen LogP contribution in [-0.2, 0) is 9.36 Å². The lowest BCUT2D eigenvalue weighted by Crippen LogP contribution is -2.31. The molecule has 0 spiro atoms. The average molecular weight is 350 g/mol. The maximum atomic E-state index is 14.2. The van der Waals surface area contributed by atoms with Gasteiger partial charge in [0.25, 0.3) is 0 Å². The summed E-state index contributed by atoms with van der Waals surface area (Å²) in [5, 5.41) is 1.22. The maximum absolute atomic E-state index is 14.2. The van der Waals surface area contributed by atoms with E-state index in [0.717, 1.165) is 11.1 Å². The van der Waals surface area contributed by atoms with Crippen molar-refractivity contribution in [1.82, 2.24) is 0 Å². The standard InChI is InChI=1S/C22H23O2P/c1-16-14-17(2)21(18(3)15-16)22(23)25(24,19-10-6-4-7-11-19)20-12-8-5-9-13-20/h4-15,17,21H,1-3H3. The molecule has 0 bridgehead atoms. The predicted octanol–water partition coefficient (Wildman–Crippen LogP) is 4.69. The number of rotatable bonds is 4. The second-order valence-corrected chi connectivity index (χ2v) is 9.45. The van der Waals surface area contributed by atoms with E-state index >= 15 is 0 Å². The SMILES string of the molecule is CC1=CC(C)C(C(=O)P(=O)(c2ccccc2)c2ccccc2)C(C)=C1. The number of hydrogen-bond donors (Lipinski definition) is 0. The molecular formula is C22H23O2P. The number of carbonyl (C=O) groups excluding carboxylic acids is 1. The molecule has 1 aliphatic carbocycles. The lowest BCUT2D eigenvalue weighted by molar-refractivity contribution is -0.115. The Labute approximate surface area is 149 Å². The van der Waals surface area contributed by atoms with Gasteiger partial charge in [0.1, 0.15) is 0 Å². The van der Waals surface area contributed by atoms with Gasteiger partial charge in [-0.3, -0.25) is 4.79 Å². The predicted molar refractivity (Wildman–Crippen MR) is 105 cm³/mol. The van der Waals surface area contributed by atoms with E-state index in [9.17, 15) is 9.36 Å². The van der Waals surface area contributed by atoms with Crippen molar-refractivity contribution in [2.24, 2.45) is 11.8 Å². The van der Waals surface area contributed by atoms with Gasteiger partial charge in [-0.25, -0.2) is 0 Å². The van der Waals surface area contributed by atoms with E-state index in [-0.39, 0.29) is 17.4 Å². The van der Waals surface area contributed by atoms with Gasteiger partial charge in [0, 0.05) is 10.6 Å². The van der Waals surface area contributed by atoms with Crippen LogP contribution in [0.25, 0.3) is 0 Å². The lowest BCUT2D eigenvalue weighted by atomic mass is 9.83. The Morgan fingerprint density at radius 3 is 1.80 bits per heavy atom. The third-order valence-corrected chi connectivity index (χ3v) is 7.76. The molecule has 1 aliphatic rings. The summed E-state index contributed by atoms with van der Waals surface area (Å²) in [6.45, 7) is 6.04. The van der Waals surface area contributed by atoms with Crippen molar-refractivity contribution in [3.8, 4) is 0 Å². The van der Waals surface area contributed by atoms with Gasteiger partial charge in [-0.2, -0.15) is 0 Å². The highest BCUT2D eigenvalue weighted by molar-refractivity contribution is 7.93. The van der Waals surface area contributed by atoms with Crippen LogP contribution in [0, 0.1) is 11.8 Å². The summed E-state index contributed by atoms with van der Waals surface area (Å²) in [6.07, 6.45) is 4.12. The van der Waals surface area contributed by atoms with E-state index in [1.807, 2.05) is 63.2 Å². The summed E-state index contributed by atoms with van der Waals surface area (Å²) in [5.41, 5.74) is 1.97. The Hall–Kier alpha value is -2.18. The largest absolute Gasteiger partial charge is 0.306 e. The highest BCUT2D eigenvalue weighted by atomic mass is 31.2. The molecular weight excluding hydrogens is 327 g/mol. The molecule has 2 nitrogen and oxygen atoms in total. The van der Waals surface area contributed by atoms with Crippen molar-refractivity contribution in [3.63, 3.8) is 0 Å². The fourth-order valence-electron chi connectivity index (χ4n) is 3.72. The molecule has 0 aromatic heterocycles. The summed E-state index contributed by atoms with van der Waals surface area (Å²) in [5.74, 6) is -0.312. The molecule has 2 atom stereocenters. The molecule has 0 N–H and O–H groups in total. The van der Waals surface area contributed by atoms with Gasteiger partial charge in [-0.05, 0) is 19.8 Å². The van der Waals surface area contributed by atoms with E-state index in [4.69, 9.17) is 0 Å². The van der Waals surface area contributed by atoms with Crippen LogP contribution in [0.1, 0.15) is 20.8 Å². The Balaban J connectivity index is 2.15. The maximum Gasteiger partial charge on any atom is 0.207 e. The van der Waals surface area contributed by atoms with Crippen molar-refractivity contribution >= 4 is 23.3 Å². The molecule has 0 radical (unpaired) electrons. The van der Waals surface area contributed by atoms with Gasteiger partial charge in [-0.1, -0.05) is 90.9 Å². The molecule has 3 heteroatoms. The van der Waals surface area contributed by atoms with E-state index in [1.165, 1.54) is 0 Å². The third kappa shape index (κ3) is 3.19. The van der Waals surface area contributed by atoms with Crippen LogP contribution in [0.3, 0.4) is 0 Å². The minimum atomic E-state index is -3.39. The molecule has 0 saturated carbocycles. The first kappa shape index (κ1) is 17.6. The van der Waals surface area contributed by atoms with Crippen LogP contribution in [0.4, 0.5) is 0 Å². The second kappa shape index (κ2) is 6.98. The number of carbonyl (C=O) groups is 1. The number of benzene rings is 2. The zero-order valence-electron chi connectivity index (χ0n) is 14.8. The highest BCUT2D eigenvalue weighted by Gasteiger charge is 2.42. The molecule has 0 aliphatic heterocycles. The lowest BCUT2D eigenvalue weighted by Gasteiger charge is -2.29. The summed E-state index contributed by atoms with van der Waals surface area (Å²) in [4.78, 5) is 13.6. The first-order chi connectivity index (χ1) is 11.9. The Morgan fingerprint density at radius 2 is 1.36 bits per heavy atom. The summed E-state index contributed by atoms with van der Waals surface area (Å²) < 4.78 is 14.2. The molecule has 0 heterocycles. The molecule has 3 rings (SSSR count). The quantitative estimate of drug-likeness (QED) is 0.750. The summed E-state index contributed by atoms with van der Waals surface area (Å²) in [6, 6.07) is 18.3. The van der Waals surface area contributed by atoms with Gasteiger partial charge in [0.2, 0.25) is 12.7 Å². The average Bonchev–Trinajstić information content (AvgIpc) is 2.61. The van der Waals surface area contributed by atoms with Crippen molar-refractivity contribution in [2.45, 2.75) is 20.8 Å². The minimum Gasteiger partial charge on any atom is -0.306 e. The van der Waals surface area contributed by atoms with Crippen LogP contribution >= 0.6 is 7.14 Å². The van der Waals surface area contributed by atoms with Crippen LogP contribution in [0.5, 0.6) is 0 Å². The zero-order valence-corrected chi connectivity index (χ0v) is 15.7. The monoisotopic (exact) mass is 350 g/mol. The third-order valence-electron chi connectivity index (χ3n) is 4.81. The van der Waals surface area contributed by atoms with Gasteiger partial charge in [-0.15, -0.1) is 0 Å². The topological polar surface area (TPSA) is 34.1 Å². The molecule has 2 unspecified atom stereocenters. The highest BCUT2D eigenvalue weighted by Crippen LogP contribution is 2.50. The number of hydrogen-bond acceptors (Lipinski definition) is 2. The van der Waals surface area contributed by atoms with Crippen LogP contribution < -0.4 is 10.6 Å². The molecule has 0 saturated heterocycles. The Morgan fingerprint density at radius 1 is 0.880 bits per heavy atom. The Kier molecular flexibility index (Phi) is 4.92. The first-order valence-electron chi connectivity index (χ1n) is 8.57. The normalized spacial score (nSPS) is 20.6. The smallest absolute Gasteiger partial charge is 0.207 e. The van der Waals surface area contributed by atoms with Gasteiger partial charge in [0.15, 0.2) is 0 Å². The number of allylic oxidation sites excluding steroid dienone is 4. The second-order valence-electron chi connectivity index (χ2n) is 6.75.